The number of hydrogen-bond acceptors (Lipinski definition) is 6. The molecular weight excluding hydrogens is 344 g/mol. The molecule has 3 aromatic rings. The van der Waals surface area contributed by atoms with Gasteiger partial charge in [-0.15, -0.1) is 0 Å². The topological polar surface area (TPSA) is 116 Å². The van der Waals surface area contributed by atoms with Gasteiger partial charge in [-0.3, -0.25) is 4.79 Å². The monoisotopic (exact) mass is 368 g/mol. The zero-order valence-electron chi connectivity index (χ0n) is 15.5. The SMILES string of the molecule is CC(C)CCOc1ccc2cc(CNC(=O)c3ccc(N)nc3N)oc2c1. The van der Waals surface area contributed by atoms with Gasteiger partial charge in [0.05, 0.1) is 18.7 Å². The highest BCUT2D eigenvalue weighted by Gasteiger charge is 2.12. The summed E-state index contributed by atoms with van der Waals surface area (Å²) in [6.45, 7) is 5.23. The molecule has 2 aromatic heterocycles. The molecule has 0 aliphatic rings. The lowest BCUT2D eigenvalue weighted by atomic mass is 10.1. The van der Waals surface area contributed by atoms with Gasteiger partial charge in [0.2, 0.25) is 0 Å². The molecular formula is C20H24N4O3. The molecule has 0 spiro atoms. The number of nitrogens with zero attached hydrogens (tertiary/aromatic N) is 1. The number of anilines is 2. The Morgan fingerprint density at radius 2 is 2.04 bits per heavy atom. The van der Waals surface area contributed by atoms with E-state index in [9.17, 15) is 4.79 Å². The number of fused-ring (bicyclic) bond motifs is 1. The highest BCUT2D eigenvalue weighted by atomic mass is 16.5. The van der Waals surface area contributed by atoms with Gasteiger partial charge in [0.1, 0.15) is 28.7 Å². The molecule has 142 valence electrons. The van der Waals surface area contributed by atoms with Gasteiger partial charge in [-0.05, 0) is 42.7 Å². The van der Waals surface area contributed by atoms with E-state index >= 15 is 0 Å². The van der Waals surface area contributed by atoms with Crippen LogP contribution < -0.4 is 21.5 Å². The normalized spacial score (nSPS) is 11.1. The number of hydrogen-bond donors (Lipinski definition) is 3. The lowest BCUT2D eigenvalue weighted by Crippen LogP contribution is -2.24. The van der Waals surface area contributed by atoms with Gasteiger partial charge in [-0.1, -0.05) is 13.8 Å². The third kappa shape index (κ3) is 4.69. The molecule has 0 aliphatic heterocycles. The first-order chi connectivity index (χ1) is 12.9. The fraction of sp³-hybridized carbons (Fsp3) is 0.300. The minimum Gasteiger partial charge on any atom is -0.493 e. The van der Waals surface area contributed by atoms with E-state index in [-0.39, 0.29) is 29.7 Å². The summed E-state index contributed by atoms with van der Waals surface area (Å²) in [7, 11) is 0. The van der Waals surface area contributed by atoms with Crippen LogP contribution in [0.4, 0.5) is 11.6 Å². The molecule has 7 nitrogen and oxygen atoms in total. The first-order valence-corrected chi connectivity index (χ1v) is 8.88. The number of carbonyl (C=O) groups is 1. The van der Waals surface area contributed by atoms with Gasteiger partial charge in [0.25, 0.3) is 5.91 Å². The molecule has 0 radical (unpaired) electrons. The fourth-order valence-electron chi connectivity index (χ4n) is 2.60. The highest BCUT2D eigenvalue weighted by molar-refractivity contribution is 5.98. The molecule has 0 atom stereocenters. The molecule has 0 aliphatic carbocycles. The van der Waals surface area contributed by atoms with E-state index in [0.717, 1.165) is 23.1 Å². The Hall–Kier alpha value is -3.22. The van der Waals surface area contributed by atoms with Crippen LogP contribution in [-0.2, 0) is 6.54 Å². The second-order valence-electron chi connectivity index (χ2n) is 6.79. The lowest BCUT2D eigenvalue weighted by Gasteiger charge is -2.07. The van der Waals surface area contributed by atoms with E-state index in [2.05, 4.69) is 24.1 Å². The number of carbonyl (C=O) groups excluding carboxylic acids is 1. The standard InChI is InChI=1S/C20H24N4O3/c1-12(2)7-8-26-14-4-3-13-9-15(27-17(13)10-14)11-23-20(25)16-5-6-18(21)24-19(16)22/h3-6,9-10,12H,7-8,11H2,1-2H3,(H,23,25)(H4,21,22,24). The lowest BCUT2D eigenvalue weighted by molar-refractivity contribution is 0.0949. The first kappa shape index (κ1) is 18.6. The van der Waals surface area contributed by atoms with Crippen LogP contribution in [0.3, 0.4) is 0 Å². The molecule has 0 saturated carbocycles. The van der Waals surface area contributed by atoms with Crippen LogP contribution in [0.5, 0.6) is 5.75 Å². The van der Waals surface area contributed by atoms with Crippen molar-refractivity contribution >= 4 is 28.5 Å². The molecule has 0 unspecified atom stereocenters. The number of furan rings is 1. The van der Waals surface area contributed by atoms with E-state index in [4.69, 9.17) is 20.6 Å². The van der Waals surface area contributed by atoms with Gasteiger partial charge in [-0.2, -0.15) is 0 Å². The van der Waals surface area contributed by atoms with E-state index < -0.39 is 0 Å². The number of nitrogens with two attached hydrogens (primary N) is 2. The molecule has 27 heavy (non-hydrogen) atoms. The third-order valence-corrected chi connectivity index (χ3v) is 4.12. The van der Waals surface area contributed by atoms with E-state index in [1.165, 1.54) is 6.07 Å². The van der Waals surface area contributed by atoms with Crippen molar-refractivity contribution in [3.63, 3.8) is 0 Å². The largest absolute Gasteiger partial charge is 0.493 e. The predicted molar refractivity (Wildman–Crippen MR) is 105 cm³/mol. The van der Waals surface area contributed by atoms with Gasteiger partial charge in [-0.25, -0.2) is 4.98 Å². The molecule has 1 aromatic carbocycles. The maximum atomic E-state index is 12.3. The van der Waals surface area contributed by atoms with Crippen LogP contribution >= 0.6 is 0 Å². The molecule has 3 rings (SSSR count). The van der Waals surface area contributed by atoms with Gasteiger partial charge in [0.15, 0.2) is 0 Å². The average Bonchev–Trinajstić information content (AvgIpc) is 3.01. The quantitative estimate of drug-likeness (QED) is 0.589. The van der Waals surface area contributed by atoms with Crippen molar-refractivity contribution < 1.29 is 13.9 Å². The molecule has 1 amide bonds. The second-order valence-corrected chi connectivity index (χ2v) is 6.79. The molecule has 7 heteroatoms. The maximum Gasteiger partial charge on any atom is 0.255 e. The van der Waals surface area contributed by atoms with E-state index in [0.29, 0.717) is 18.3 Å². The summed E-state index contributed by atoms with van der Waals surface area (Å²) >= 11 is 0. The minimum absolute atomic E-state index is 0.0975. The number of benzene rings is 1. The minimum atomic E-state index is -0.335. The van der Waals surface area contributed by atoms with Crippen molar-refractivity contribution in [2.45, 2.75) is 26.8 Å². The smallest absolute Gasteiger partial charge is 0.255 e. The molecule has 5 N–H and O–H groups in total. The van der Waals surface area contributed by atoms with Crippen LogP contribution in [0.15, 0.2) is 40.8 Å². The number of amides is 1. The summed E-state index contributed by atoms with van der Waals surface area (Å²) in [4.78, 5) is 16.1. The van der Waals surface area contributed by atoms with Gasteiger partial charge < -0.3 is 25.9 Å². The number of nitrogen functional groups attached to an aromatic ring is 2. The number of nitrogens with one attached hydrogen (secondary N) is 1. The van der Waals surface area contributed by atoms with Crippen LogP contribution in [0, 0.1) is 5.92 Å². The number of pyridine rings is 1. The Labute approximate surface area is 157 Å². The molecule has 2 heterocycles. The summed E-state index contributed by atoms with van der Waals surface area (Å²) in [6.07, 6.45) is 0.997. The van der Waals surface area contributed by atoms with Crippen LogP contribution in [-0.4, -0.2) is 17.5 Å². The second kappa shape index (κ2) is 7.99. The Morgan fingerprint density at radius 1 is 1.22 bits per heavy atom. The number of rotatable bonds is 7. The molecule has 0 fully saturated rings. The van der Waals surface area contributed by atoms with Crippen molar-refractivity contribution in [3.8, 4) is 5.75 Å². The average molecular weight is 368 g/mol. The Morgan fingerprint density at radius 3 is 2.78 bits per heavy atom. The molecule has 0 saturated heterocycles. The van der Waals surface area contributed by atoms with Gasteiger partial charge in [0, 0.05) is 11.5 Å². The van der Waals surface area contributed by atoms with Crippen molar-refractivity contribution in [3.05, 3.63) is 47.7 Å². The fourth-order valence-corrected chi connectivity index (χ4v) is 2.60. The zero-order chi connectivity index (χ0) is 19.4. The summed E-state index contributed by atoms with van der Waals surface area (Å²) in [6, 6.07) is 10.7. The number of ether oxygens (including phenoxy) is 1. The Kier molecular flexibility index (Phi) is 5.49. The highest BCUT2D eigenvalue weighted by Crippen LogP contribution is 2.25. The summed E-state index contributed by atoms with van der Waals surface area (Å²) in [5.74, 6) is 2.04. The number of aromatic nitrogens is 1. The van der Waals surface area contributed by atoms with Crippen molar-refractivity contribution in [1.82, 2.24) is 10.3 Å². The van der Waals surface area contributed by atoms with Crippen LogP contribution in [0.2, 0.25) is 0 Å². The summed E-state index contributed by atoms with van der Waals surface area (Å²) in [5, 5.41) is 3.72. The maximum absolute atomic E-state index is 12.3. The van der Waals surface area contributed by atoms with Crippen LogP contribution in [0.25, 0.3) is 11.0 Å². The predicted octanol–water partition coefficient (Wildman–Crippen LogP) is 3.35. The van der Waals surface area contributed by atoms with E-state index in [1.54, 1.807) is 6.07 Å². The Bertz CT molecular complexity index is 950. The third-order valence-electron chi connectivity index (χ3n) is 4.12. The van der Waals surface area contributed by atoms with Crippen molar-refractivity contribution in [1.29, 1.82) is 0 Å². The zero-order valence-corrected chi connectivity index (χ0v) is 15.5. The van der Waals surface area contributed by atoms with E-state index in [1.807, 2.05) is 24.3 Å². The van der Waals surface area contributed by atoms with Crippen molar-refractivity contribution in [2.24, 2.45) is 5.92 Å². The molecule has 0 bridgehead atoms. The first-order valence-electron chi connectivity index (χ1n) is 8.88. The van der Waals surface area contributed by atoms with Crippen LogP contribution in [0.1, 0.15) is 36.4 Å². The van der Waals surface area contributed by atoms with Gasteiger partial charge >= 0.3 is 0 Å². The Balaban J connectivity index is 1.64. The summed E-state index contributed by atoms with van der Waals surface area (Å²) in [5.41, 5.74) is 12.3. The van der Waals surface area contributed by atoms with Crippen molar-refractivity contribution in [2.75, 3.05) is 18.1 Å². The summed E-state index contributed by atoms with van der Waals surface area (Å²) < 4.78 is 11.6.